The summed E-state index contributed by atoms with van der Waals surface area (Å²) in [5.74, 6) is 0.967. The number of nitrogens with zero attached hydrogens (tertiary/aromatic N) is 1. The number of hydrogen-bond donors (Lipinski definition) is 1. The van der Waals surface area contributed by atoms with Crippen LogP contribution in [0.3, 0.4) is 0 Å². The number of benzene rings is 2. The van der Waals surface area contributed by atoms with Crippen LogP contribution in [0.15, 0.2) is 54.6 Å². The first-order chi connectivity index (χ1) is 18.6. The van der Waals surface area contributed by atoms with Crippen molar-refractivity contribution in [1.29, 1.82) is 0 Å². The van der Waals surface area contributed by atoms with E-state index in [1.54, 1.807) is 0 Å². The van der Waals surface area contributed by atoms with Crippen LogP contribution in [0.25, 0.3) is 0 Å². The molecule has 3 aromatic rings. The van der Waals surface area contributed by atoms with Gasteiger partial charge in [-0.3, -0.25) is 4.98 Å². The van der Waals surface area contributed by atoms with E-state index in [1.165, 1.54) is 5.56 Å². The molecular weight excluding hydrogens is 625 g/mol. The first-order valence-corrected chi connectivity index (χ1v) is 18.4. The fourth-order valence-electron chi connectivity index (χ4n) is 5.23. The molecule has 4 nitrogen and oxygen atoms in total. The second kappa shape index (κ2) is 11.9. The van der Waals surface area contributed by atoms with Crippen molar-refractivity contribution in [3.63, 3.8) is 0 Å². The maximum Gasteiger partial charge on any atom is 0.192 e. The van der Waals surface area contributed by atoms with Crippen LogP contribution in [-0.4, -0.2) is 18.4 Å². The Balaban J connectivity index is 1.71. The van der Waals surface area contributed by atoms with Gasteiger partial charge in [-0.1, -0.05) is 90.9 Å². The van der Waals surface area contributed by atoms with Crippen molar-refractivity contribution in [1.82, 2.24) is 4.98 Å². The van der Waals surface area contributed by atoms with Gasteiger partial charge in [-0.25, -0.2) is 0 Å². The summed E-state index contributed by atoms with van der Waals surface area (Å²) >= 11 is 2.46. The maximum atomic E-state index is 11.8. The van der Waals surface area contributed by atoms with Crippen molar-refractivity contribution in [2.45, 2.75) is 104 Å². The molecule has 40 heavy (non-hydrogen) atoms. The molecular formula is C34H46INO3Si. The molecule has 0 bridgehead atoms. The number of fused-ring (bicyclic) bond motifs is 1. The third-order valence-corrected chi connectivity index (χ3v) is 14.2. The normalized spacial score (nSPS) is 17.9. The van der Waals surface area contributed by atoms with Crippen LogP contribution in [0.2, 0.25) is 18.1 Å². The zero-order valence-electron chi connectivity index (χ0n) is 25.6. The van der Waals surface area contributed by atoms with Crippen LogP contribution < -0.4 is 4.74 Å². The number of halogens is 1. The smallest absolute Gasteiger partial charge is 0.192 e. The van der Waals surface area contributed by atoms with Crippen molar-refractivity contribution < 1.29 is 14.3 Å². The Morgan fingerprint density at radius 3 is 2.25 bits per heavy atom. The average molecular weight is 672 g/mol. The van der Waals surface area contributed by atoms with Gasteiger partial charge in [0.1, 0.15) is 18.5 Å². The Labute approximate surface area is 256 Å². The summed E-state index contributed by atoms with van der Waals surface area (Å²) in [6.45, 7) is 21.0. The summed E-state index contributed by atoms with van der Waals surface area (Å²) in [4.78, 5) is 5.28. The highest BCUT2D eigenvalue weighted by molar-refractivity contribution is 14.1. The lowest BCUT2D eigenvalue weighted by Gasteiger charge is -2.44. The number of aromatic nitrogens is 1. The molecule has 0 radical (unpaired) electrons. The van der Waals surface area contributed by atoms with E-state index in [-0.39, 0.29) is 22.5 Å². The Hall–Kier alpha value is -1.74. The largest absolute Gasteiger partial charge is 0.489 e. The molecule has 0 spiro atoms. The Morgan fingerprint density at radius 1 is 1.05 bits per heavy atom. The zero-order chi connectivity index (χ0) is 29.5. The molecule has 0 saturated heterocycles. The Bertz CT molecular complexity index is 1310. The number of pyridine rings is 1. The fourth-order valence-corrected chi connectivity index (χ4v) is 7.72. The van der Waals surface area contributed by atoms with Crippen LogP contribution >= 0.6 is 22.6 Å². The number of aliphatic hydroxyl groups excluding tert-OH is 1. The lowest BCUT2D eigenvalue weighted by atomic mass is 9.74. The van der Waals surface area contributed by atoms with E-state index < -0.39 is 14.4 Å². The van der Waals surface area contributed by atoms with E-state index in [0.717, 1.165) is 50.2 Å². The van der Waals surface area contributed by atoms with Crippen molar-refractivity contribution in [3.05, 3.63) is 91.8 Å². The molecule has 4 rings (SSSR count). The van der Waals surface area contributed by atoms with Gasteiger partial charge in [-0.2, -0.15) is 0 Å². The van der Waals surface area contributed by atoms with Crippen LogP contribution in [0.1, 0.15) is 107 Å². The minimum absolute atomic E-state index is 0.0278. The molecule has 2 atom stereocenters. The molecule has 0 amide bonds. The van der Waals surface area contributed by atoms with E-state index >= 15 is 0 Å². The minimum Gasteiger partial charge on any atom is -0.489 e. The lowest BCUT2D eigenvalue weighted by Crippen LogP contribution is -2.44. The van der Waals surface area contributed by atoms with E-state index in [2.05, 4.69) is 96.3 Å². The van der Waals surface area contributed by atoms with Crippen LogP contribution in [0.5, 0.6) is 5.75 Å². The van der Waals surface area contributed by atoms with Gasteiger partial charge in [0.2, 0.25) is 0 Å². The molecule has 1 aliphatic rings. The number of hydrogen-bond acceptors (Lipinski definition) is 4. The van der Waals surface area contributed by atoms with Crippen LogP contribution in [0.4, 0.5) is 0 Å². The molecule has 0 aliphatic heterocycles. The standard InChI is InChI=1S/C34H46INO3Si/c1-22(2)31-29(32(37)24-15-17-25(18-16-24)38-21-23-13-11-10-12-14-23)30(35)28-26(36-31)19-34(6,7)20-27(28)39-40(8,9)33(3,4)5/h10-18,22,27,32,37H,19-21H2,1-9H3/t27-,32+/m0/s1. The third-order valence-electron chi connectivity index (χ3n) is 8.53. The molecule has 1 aromatic heterocycles. The van der Waals surface area contributed by atoms with Gasteiger partial charge < -0.3 is 14.3 Å². The average Bonchev–Trinajstić information content (AvgIpc) is 2.86. The van der Waals surface area contributed by atoms with E-state index in [4.69, 9.17) is 14.1 Å². The maximum absolute atomic E-state index is 11.8. The monoisotopic (exact) mass is 671 g/mol. The summed E-state index contributed by atoms with van der Waals surface area (Å²) in [6.07, 6.45) is 1.06. The van der Waals surface area contributed by atoms with E-state index in [1.807, 2.05) is 42.5 Å². The van der Waals surface area contributed by atoms with Crippen LogP contribution in [-0.2, 0) is 17.5 Å². The van der Waals surface area contributed by atoms with Gasteiger partial charge in [0, 0.05) is 20.4 Å². The van der Waals surface area contributed by atoms with Crippen molar-refractivity contribution >= 4 is 30.9 Å². The molecule has 2 aromatic carbocycles. The van der Waals surface area contributed by atoms with Gasteiger partial charge in [0.15, 0.2) is 8.32 Å². The lowest BCUT2D eigenvalue weighted by molar-refractivity contribution is 0.104. The first kappa shape index (κ1) is 31.2. The van der Waals surface area contributed by atoms with Crippen molar-refractivity contribution in [2.75, 3.05) is 0 Å². The van der Waals surface area contributed by atoms with Gasteiger partial charge in [0.25, 0.3) is 0 Å². The molecule has 216 valence electrons. The highest BCUT2D eigenvalue weighted by atomic mass is 127. The molecule has 1 aliphatic carbocycles. The molecule has 6 heteroatoms. The number of rotatable bonds is 8. The quantitative estimate of drug-likeness (QED) is 0.192. The molecule has 0 fully saturated rings. The number of ether oxygens (including phenoxy) is 1. The fraction of sp³-hybridized carbons (Fsp3) is 0.500. The van der Waals surface area contributed by atoms with E-state index in [9.17, 15) is 5.11 Å². The number of aliphatic hydroxyl groups is 1. The van der Waals surface area contributed by atoms with Crippen molar-refractivity contribution in [2.24, 2.45) is 5.41 Å². The summed E-state index contributed by atoms with van der Waals surface area (Å²) in [5.41, 5.74) is 6.27. The third kappa shape index (κ3) is 6.83. The minimum atomic E-state index is -2.04. The zero-order valence-corrected chi connectivity index (χ0v) is 28.8. The second-order valence-electron chi connectivity index (χ2n) is 13.9. The highest BCUT2D eigenvalue weighted by Crippen LogP contribution is 2.50. The Kier molecular flexibility index (Phi) is 9.25. The summed E-state index contributed by atoms with van der Waals surface area (Å²) in [7, 11) is -2.04. The van der Waals surface area contributed by atoms with Gasteiger partial charge in [-0.15, -0.1) is 0 Å². The molecule has 0 saturated carbocycles. The molecule has 1 N–H and O–H groups in total. The predicted molar refractivity (Wildman–Crippen MR) is 175 cm³/mol. The van der Waals surface area contributed by atoms with Gasteiger partial charge in [0.05, 0.1) is 11.8 Å². The molecule has 1 heterocycles. The Morgan fingerprint density at radius 2 is 1.68 bits per heavy atom. The summed E-state index contributed by atoms with van der Waals surface area (Å²) in [6, 6.07) is 18.0. The van der Waals surface area contributed by atoms with Crippen LogP contribution in [0, 0.1) is 8.99 Å². The highest BCUT2D eigenvalue weighted by Gasteiger charge is 2.44. The van der Waals surface area contributed by atoms with Gasteiger partial charge in [-0.05, 0) is 88.2 Å². The summed E-state index contributed by atoms with van der Waals surface area (Å²) in [5, 5.41) is 11.9. The second-order valence-corrected chi connectivity index (χ2v) is 19.7. The van der Waals surface area contributed by atoms with Gasteiger partial charge >= 0.3 is 0 Å². The summed E-state index contributed by atoms with van der Waals surface area (Å²) < 4.78 is 14.2. The first-order valence-electron chi connectivity index (χ1n) is 14.4. The topological polar surface area (TPSA) is 51.6 Å². The van der Waals surface area contributed by atoms with Crippen molar-refractivity contribution in [3.8, 4) is 5.75 Å². The SMILES string of the molecule is CC(C)c1nc2c(c(I)c1[C@H](O)c1ccc(OCc3ccccc3)cc1)[C@@H](O[Si](C)(C)C(C)(C)C)CC(C)(C)C2. The molecule has 0 unspecified atom stereocenters. The van der Waals surface area contributed by atoms with E-state index in [0.29, 0.717) is 6.61 Å². The predicted octanol–water partition coefficient (Wildman–Crippen LogP) is 9.51.